The van der Waals surface area contributed by atoms with E-state index in [9.17, 15) is 4.79 Å². The van der Waals surface area contributed by atoms with Crippen molar-refractivity contribution in [2.75, 3.05) is 20.2 Å². The summed E-state index contributed by atoms with van der Waals surface area (Å²) in [4.78, 5) is 15.2. The number of esters is 1. The van der Waals surface area contributed by atoms with Crippen LogP contribution in [0.15, 0.2) is 10.6 Å². The second-order valence-corrected chi connectivity index (χ2v) is 4.03. The van der Waals surface area contributed by atoms with Crippen LogP contribution in [0.2, 0.25) is 0 Å². The number of aromatic nitrogens is 1. The third-order valence-electron chi connectivity index (χ3n) is 2.80. The molecule has 88 valence electrons. The van der Waals surface area contributed by atoms with Crippen molar-refractivity contribution >= 4 is 5.97 Å². The zero-order chi connectivity index (χ0) is 11.4. The van der Waals surface area contributed by atoms with Crippen LogP contribution in [-0.2, 0) is 11.2 Å². The van der Waals surface area contributed by atoms with Gasteiger partial charge in [-0.15, -0.1) is 0 Å². The quantitative estimate of drug-likeness (QED) is 0.776. The minimum Gasteiger partial charge on any atom is -0.463 e. The number of piperidine rings is 1. The number of carbonyl (C=O) groups is 1. The van der Waals surface area contributed by atoms with Gasteiger partial charge in [0.2, 0.25) is 5.76 Å². The zero-order valence-corrected chi connectivity index (χ0v) is 9.36. The van der Waals surface area contributed by atoms with Crippen LogP contribution < -0.4 is 5.32 Å². The van der Waals surface area contributed by atoms with E-state index >= 15 is 0 Å². The van der Waals surface area contributed by atoms with Crippen molar-refractivity contribution in [2.24, 2.45) is 5.92 Å². The summed E-state index contributed by atoms with van der Waals surface area (Å²) in [5, 5.41) is 3.33. The van der Waals surface area contributed by atoms with E-state index in [2.05, 4.69) is 15.0 Å². The molecule has 1 aliphatic heterocycles. The maximum atomic E-state index is 11.2. The van der Waals surface area contributed by atoms with Crippen LogP contribution >= 0.6 is 0 Å². The fourth-order valence-corrected chi connectivity index (χ4v) is 1.94. The largest absolute Gasteiger partial charge is 0.463 e. The third kappa shape index (κ3) is 2.61. The van der Waals surface area contributed by atoms with Crippen molar-refractivity contribution in [3.8, 4) is 0 Å². The number of ether oxygens (including phenoxy) is 1. The molecule has 0 bridgehead atoms. The molecule has 1 aromatic rings. The predicted octanol–water partition coefficient (Wildman–Crippen LogP) is 1.00. The summed E-state index contributed by atoms with van der Waals surface area (Å²) in [6, 6.07) is 0. The van der Waals surface area contributed by atoms with Crippen molar-refractivity contribution in [1.29, 1.82) is 0 Å². The van der Waals surface area contributed by atoms with Crippen LogP contribution in [-0.4, -0.2) is 31.2 Å². The Bertz CT molecular complexity index is 356. The highest BCUT2D eigenvalue weighted by atomic mass is 16.5. The van der Waals surface area contributed by atoms with Gasteiger partial charge in [-0.1, -0.05) is 0 Å². The topological polar surface area (TPSA) is 64.4 Å². The van der Waals surface area contributed by atoms with Crippen LogP contribution in [0.4, 0.5) is 0 Å². The Morgan fingerprint density at radius 2 is 2.62 bits per heavy atom. The van der Waals surface area contributed by atoms with E-state index in [0.717, 1.165) is 19.5 Å². The van der Waals surface area contributed by atoms with E-state index in [0.29, 0.717) is 11.8 Å². The Balaban J connectivity index is 1.94. The molecule has 0 saturated carbocycles. The van der Waals surface area contributed by atoms with Crippen LogP contribution in [0.5, 0.6) is 0 Å². The molecule has 16 heavy (non-hydrogen) atoms. The number of hydrogen-bond donors (Lipinski definition) is 1. The monoisotopic (exact) mass is 224 g/mol. The van der Waals surface area contributed by atoms with E-state index < -0.39 is 5.97 Å². The molecule has 1 N–H and O–H groups in total. The first-order valence-corrected chi connectivity index (χ1v) is 5.53. The zero-order valence-electron chi connectivity index (χ0n) is 9.36. The number of nitrogens with zero attached hydrogens (tertiary/aromatic N) is 1. The molecule has 0 aromatic carbocycles. The minimum atomic E-state index is -0.472. The van der Waals surface area contributed by atoms with Crippen molar-refractivity contribution in [1.82, 2.24) is 10.3 Å². The van der Waals surface area contributed by atoms with Gasteiger partial charge < -0.3 is 14.5 Å². The lowest BCUT2D eigenvalue weighted by molar-refractivity contribution is 0.0562. The highest BCUT2D eigenvalue weighted by Gasteiger charge is 2.18. The highest BCUT2D eigenvalue weighted by molar-refractivity contribution is 5.85. The molecular formula is C11H16N2O3. The molecule has 1 aromatic heterocycles. The van der Waals surface area contributed by atoms with E-state index in [4.69, 9.17) is 4.42 Å². The molecule has 1 saturated heterocycles. The molecule has 1 atom stereocenters. The molecular weight excluding hydrogens is 208 g/mol. The smallest absolute Gasteiger partial charge is 0.375 e. The lowest BCUT2D eigenvalue weighted by Crippen LogP contribution is -2.30. The lowest BCUT2D eigenvalue weighted by atomic mass is 9.96. The first kappa shape index (κ1) is 11.1. The average molecular weight is 224 g/mol. The minimum absolute atomic E-state index is 0.182. The van der Waals surface area contributed by atoms with Crippen LogP contribution in [0, 0.1) is 5.92 Å². The first-order chi connectivity index (χ1) is 7.79. The first-order valence-electron chi connectivity index (χ1n) is 5.53. The summed E-state index contributed by atoms with van der Waals surface area (Å²) < 4.78 is 9.88. The summed E-state index contributed by atoms with van der Waals surface area (Å²) >= 11 is 0. The van der Waals surface area contributed by atoms with Crippen molar-refractivity contribution in [2.45, 2.75) is 19.3 Å². The van der Waals surface area contributed by atoms with Crippen LogP contribution in [0.1, 0.15) is 29.3 Å². The highest BCUT2D eigenvalue weighted by Crippen LogP contribution is 2.16. The Hall–Kier alpha value is -1.36. The number of carbonyl (C=O) groups excluding carboxylic acids is 1. The van der Waals surface area contributed by atoms with Gasteiger partial charge in [0.25, 0.3) is 0 Å². The summed E-state index contributed by atoms with van der Waals surface area (Å²) in [5.74, 6) is 0.883. The van der Waals surface area contributed by atoms with E-state index in [1.165, 1.54) is 26.1 Å². The van der Waals surface area contributed by atoms with Gasteiger partial charge in [-0.05, 0) is 31.8 Å². The number of rotatable bonds is 3. The molecule has 1 fully saturated rings. The Morgan fingerprint density at radius 1 is 1.75 bits per heavy atom. The lowest BCUT2D eigenvalue weighted by Gasteiger charge is -2.21. The summed E-state index contributed by atoms with van der Waals surface area (Å²) in [7, 11) is 1.33. The van der Waals surface area contributed by atoms with Gasteiger partial charge in [0.05, 0.1) is 13.3 Å². The molecule has 1 unspecified atom stereocenters. The molecule has 0 spiro atoms. The van der Waals surface area contributed by atoms with Gasteiger partial charge in [-0.3, -0.25) is 0 Å². The Labute approximate surface area is 94.2 Å². The van der Waals surface area contributed by atoms with E-state index in [1.54, 1.807) is 0 Å². The predicted molar refractivity (Wildman–Crippen MR) is 57.1 cm³/mol. The molecule has 5 heteroatoms. The van der Waals surface area contributed by atoms with Gasteiger partial charge in [-0.2, -0.15) is 0 Å². The summed E-state index contributed by atoms with van der Waals surface area (Å²) in [6.07, 6.45) is 4.58. The van der Waals surface area contributed by atoms with Crippen molar-refractivity contribution in [3.05, 3.63) is 17.8 Å². The third-order valence-corrected chi connectivity index (χ3v) is 2.80. The fraction of sp³-hybridized carbons (Fsp3) is 0.636. The van der Waals surface area contributed by atoms with Gasteiger partial charge in [0.1, 0.15) is 0 Å². The maximum Gasteiger partial charge on any atom is 0.375 e. The molecule has 5 nitrogen and oxygen atoms in total. The maximum absolute atomic E-state index is 11.2. The Kier molecular flexibility index (Phi) is 3.56. The summed E-state index contributed by atoms with van der Waals surface area (Å²) in [5.41, 5.74) is 0. The molecule has 0 radical (unpaired) electrons. The van der Waals surface area contributed by atoms with E-state index in [-0.39, 0.29) is 5.76 Å². The fourth-order valence-electron chi connectivity index (χ4n) is 1.94. The van der Waals surface area contributed by atoms with Crippen LogP contribution in [0.25, 0.3) is 0 Å². The summed E-state index contributed by atoms with van der Waals surface area (Å²) in [6.45, 7) is 2.09. The normalized spacial score (nSPS) is 20.7. The SMILES string of the molecule is COC(=O)c1cnc(CC2CCCNC2)o1. The number of nitrogens with one attached hydrogen (secondary N) is 1. The van der Waals surface area contributed by atoms with Crippen molar-refractivity contribution in [3.63, 3.8) is 0 Å². The number of oxazole rings is 1. The average Bonchev–Trinajstić information content (AvgIpc) is 2.78. The Morgan fingerprint density at radius 3 is 3.31 bits per heavy atom. The number of hydrogen-bond acceptors (Lipinski definition) is 5. The molecule has 0 amide bonds. The molecule has 2 heterocycles. The van der Waals surface area contributed by atoms with Crippen molar-refractivity contribution < 1.29 is 13.9 Å². The molecule has 2 rings (SSSR count). The van der Waals surface area contributed by atoms with Gasteiger partial charge in [0, 0.05) is 6.42 Å². The number of methoxy groups -OCH3 is 1. The second-order valence-electron chi connectivity index (χ2n) is 4.03. The van der Waals surface area contributed by atoms with Gasteiger partial charge in [0.15, 0.2) is 5.89 Å². The van der Waals surface area contributed by atoms with E-state index in [1.807, 2.05) is 0 Å². The van der Waals surface area contributed by atoms with Gasteiger partial charge >= 0.3 is 5.97 Å². The molecule has 1 aliphatic rings. The molecule has 0 aliphatic carbocycles. The van der Waals surface area contributed by atoms with Gasteiger partial charge in [-0.25, -0.2) is 9.78 Å². The standard InChI is InChI=1S/C11H16N2O3/c1-15-11(14)9-7-13-10(16-9)5-8-3-2-4-12-6-8/h7-8,12H,2-6H2,1H3. The second kappa shape index (κ2) is 5.12. The van der Waals surface area contributed by atoms with Crippen LogP contribution in [0.3, 0.4) is 0 Å².